The minimum atomic E-state index is -0.0182. The second-order valence-corrected chi connectivity index (χ2v) is 7.58. The lowest BCUT2D eigenvalue weighted by Gasteiger charge is -2.11. The zero-order valence-electron chi connectivity index (χ0n) is 18.3. The van der Waals surface area contributed by atoms with Crippen molar-refractivity contribution in [1.29, 1.82) is 0 Å². The first-order valence-corrected chi connectivity index (χ1v) is 10.4. The van der Waals surface area contributed by atoms with Gasteiger partial charge in [-0.3, -0.25) is 0 Å². The van der Waals surface area contributed by atoms with Gasteiger partial charge in [0, 0.05) is 23.8 Å². The van der Waals surface area contributed by atoms with Crippen LogP contribution in [0.3, 0.4) is 0 Å². The molecule has 8 nitrogen and oxygen atoms in total. The van der Waals surface area contributed by atoms with E-state index in [-0.39, 0.29) is 6.10 Å². The van der Waals surface area contributed by atoms with Gasteiger partial charge in [-0.1, -0.05) is 28.5 Å². The van der Waals surface area contributed by atoms with Crippen molar-refractivity contribution in [3.8, 4) is 28.6 Å². The Morgan fingerprint density at radius 2 is 2.00 bits per heavy atom. The molecule has 32 heavy (non-hydrogen) atoms. The van der Waals surface area contributed by atoms with Crippen LogP contribution in [0.5, 0.6) is 5.75 Å². The molecule has 0 aliphatic heterocycles. The summed E-state index contributed by atoms with van der Waals surface area (Å²) in [5.74, 6) is 1.40. The number of ether oxygens (including phenoxy) is 2. The zero-order chi connectivity index (χ0) is 22.5. The summed E-state index contributed by atoms with van der Waals surface area (Å²) in [6.07, 6.45) is 1.59. The lowest BCUT2D eigenvalue weighted by molar-refractivity contribution is 0.0750. The van der Waals surface area contributed by atoms with Gasteiger partial charge in [0.1, 0.15) is 12.4 Å². The maximum absolute atomic E-state index is 7.45. The van der Waals surface area contributed by atoms with Crippen LogP contribution in [0.15, 0.2) is 46.1 Å². The highest BCUT2D eigenvalue weighted by Crippen LogP contribution is 2.35. The topological polar surface area (TPSA) is 83.3 Å². The van der Waals surface area contributed by atoms with E-state index in [4.69, 9.17) is 25.4 Å². The summed E-state index contributed by atoms with van der Waals surface area (Å²) >= 11 is 0. The number of aromatic nitrogens is 2. The normalized spacial score (nSPS) is 13.9. The van der Waals surface area contributed by atoms with Crippen molar-refractivity contribution in [2.24, 2.45) is 5.16 Å². The van der Waals surface area contributed by atoms with E-state index in [2.05, 4.69) is 20.1 Å². The van der Waals surface area contributed by atoms with Crippen molar-refractivity contribution < 1.29 is 18.8 Å². The first-order valence-electron chi connectivity index (χ1n) is 10.4. The minimum absolute atomic E-state index is 0.0182. The van der Waals surface area contributed by atoms with E-state index in [0.717, 1.165) is 35.2 Å². The summed E-state index contributed by atoms with van der Waals surface area (Å²) in [4.78, 5) is 13.5. The third-order valence-electron chi connectivity index (χ3n) is 5.01. The van der Waals surface area contributed by atoms with Crippen LogP contribution in [0.1, 0.15) is 31.4 Å². The van der Waals surface area contributed by atoms with Gasteiger partial charge in [-0.05, 0) is 50.5 Å². The largest absolute Gasteiger partial charge is 0.502 e. The first kappa shape index (κ1) is 21.5. The molecule has 0 unspecified atom stereocenters. The molecule has 164 valence electrons. The van der Waals surface area contributed by atoms with E-state index >= 15 is 0 Å². The summed E-state index contributed by atoms with van der Waals surface area (Å²) in [6, 6.07) is 11.3. The van der Waals surface area contributed by atoms with Gasteiger partial charge in [0.05, 0.1) is 25.0 Å². The summed E-state index contributed by atoms with van der Waals surface area (Å²) in [6.45, 7) is 12.2. The smallest absolute Gasteiger partial charge is 0.256 e. The quantitative estimate of drug-likeness (QED) is 0.281. The summed E-state index contributed by atoms with van der Waals surface area (Å²) in [5, 5.41) is 8.47. The van der Waals surface area contributed by atoms with E-state index in [0.29, 0.717) is 41.9 Å². The van der Waals surface area contributed by atoms with Crippen molar-refractivity contribution in [2.45, 2.75) is 32.8 Å². The van der Waals surface area contributed by atoms with Crippen LogP contribution in [0.2, 0.25) is 0 Å². The molecular weight excluding hydrogens is 408 g/mol. The monoisotopic (exact) mass is 432 g/mol. The molecule has 0 amide bonds. The van der Waals surface area contributed by atoms with E-state index in [1.54, 1.807) is 19.2 Å². The number of fused-ring (bicyclic) bond motifs is 1. The van der Waals surface area contributed by atoms with Crippen molar-refractivity contribution >= 4 is 11.4 Å². The van der Waals surface area contributed by atoms with Gasteiger partial charge in [-0.2, -0.15) is 4.98 Å². The zero-order valence-corrected chi connectivity index (χ0v) is 18.3. The van der Waals surface area contributed by atoms with Crippen LogP contribution in [-0.4, -0.2) is 42.3 Å². The Labute approximate surface area is 186 Å². The fourth-order valence-electron chi connectivity index (χ4n) is 3.59. The van der Waals surface area contributed by atoms with E-state index < -0.39 is 0 Å². The molecule has 0 atom stereocenters. The molecule has 8 heteroatoms. The Kier molecular flexibility index (Phi) is 6.47. The maximum Gasteiger partial charge on any atom is 0.256 e. The highest BCUT2D eigenvalue weighted by atomic mass is 16.6. The third kappa shape index (κ3) is 4.48. The molecule has 1 aliphatic carbocycles. The summed E-state index contributed by atoms with van der Waals surface area (Å²) in [7, 11) is 1.63. The van der Waals surface area contributed by atoms with Gasteiger partial charge in [0.2, 0.25) is 11.5 Å². The van der Waals surface area contributed by atoms with Crippen molar-refractivity contribution in [3.05, 3.63) is 58.9 Å². The second kappa shape index (κ2) is 9.62. The predicted molar refractivity (Wildman–Crippen MR) is 120 cm³/mol. The number of hydrogen-bond acceptors (Lipinski definition) is 7. The molecule has 0 spiro atoms. The molecule has 0 radical (unpaired) electrons. The van der Waals surface area contributed by atoms with E-state index in [9.17, 15) is 0 Å². The lowest BCUT2D eigenvalue weighted by atomic mass is 10.0. The Bertz CT molecular complexity index is 1180. The molecule has 0 N–H and O–H groups in total. The van der Waals surface area contributed by atoms with Crippen LogP contribution in [0, 0.1) is 6.57 Å². The average molecular weight is 432 g/mol. The molecular formula is C24H24N4O4. The van der Waals surface area contributed by atoms with Crippen molar-refractivity contribution in [2.75, 3.05) is 20.3 Å². The molecule has 0 saturated heterocycles. The number of hydrogen-bond donors (Lipinski definition) is 0. The van der Waals surface area contributed by atoms with Crippen LogP contribution >= 0.6 is 0 Å². The molecule has 1 aliphatic rings. The van der Waals surface area contributed by atoms with Gasteiger partial charge in [-0.25, -0.2) is 4.85 Å². The van der Waals surface area contributed by atoms with Crippen LogP contribution in [-0.2, 0) is 16.0 Å². The SMILES string of the molecule is [C-]#[N+]c1cc(-c2nc(-c3cccc4c3CC/C4=N/OCCOC)no2)ccc1OC(C)C. The molecule has 2 aromatic carbocycles. The molecule has 0 bridgehead atoms. The van der Waals surface area contributed by atoms with E-state index in [1.807, 2.05) is 38.1 Å². The van der Waals surface area contributed by atoms with Crippen LogP contribution in [0.25, 0.3) is 27.7 Å². The second-order valence-electron chi connectivity index (χ2n) is 7.58. The molecule has 0 fully saturated rings. The van der Waals surface area contributed by atoms with E-state index in [1.165, 1.54) is 0 Å². The average Bonchev–Trinajstić information content (AvgIpc) is 3.44. The predicted octanol–water partition coefficient (Wildman–Crippen LogP) is 5.05. The molecule has 4 rings (SSSR count). The maximum atomic E-state index is 7.45. The molecule has 3 aromatic rings. The first-order chi connectivity index (χ1) is 15.6. The van der Waals surface area contributed by atoms with Gasteiger partial charge in [-0.15, -0.1) is 0 Å². The highest BCUT2D eigenvalue weighted by molar-refractivity contribution is 6.05. The fraction of sp³-hybridized carbons (Fsp3) is 0.333. The number of oxime groups is 1. The van der Waals surface area contributed by atoms with Gasteiger partial charge in [0.15, 0.2) is 0 Å². The molecule has 1 heterocycles. The van der Waals surface area contributed by atoms with Crippen molar-refractivity contribution in [3.63, 3.8) is 0 Å². The van der Waals surface area contributed by atoms with Crippen LogP contribution < -0.4 is 4.74 Å². The number of rotatable bonds is 8. The number of methoxy groups -OCH3 is 1. The Hall–Kier alpha value is -3.70. The van der Waals surface area contributed by atoms with Gasteiger partial charge >= 0.3 is 0 Å². The molecule has 0 saturated carbocycles. The Balaban J connectivity index is 1.60. The highest BCUT2D eigenvalue weighted by Gasteiger charge is 2.24. The Morgan fingerprint density at radius 1 is 1.16 bits per heavy atom. The lowest BCUT2D eigenvalue weighted by Crippen LogP contribution is -2.05. The fourth-order valence-corrected chi connectivity index (χ4v) is 3.59. The molecule has 1 aromatic heterocycles. The third-order valence-corrected chi connectivity index (χ3v) is 5.01. The number of nitrogens with zero attached hydrogens (tertiary/aromatic N) is 4. The summed E-state index contributed by atoms with van der Waals surface area (Å²) in [5.41, 5.74) is 5.06. The van der Waals surface area contributed by atoms with Gasteiger partial charge < -0.3 is 18.8 Å². The Morgan fingerprint density at radius 3 is 2.78 bits per heavy atom. The van der Waals surface area contributed by atoms with Crippen molar-refractivity contribution in [1.82, 2.24) is 10.1 Å². The standard InChI is InChI=1S/C24H24N4O4/c1-15(2)31-22-11-8-16(14-21(22)25-3)24-26-23(28-32-24)19-7-5-6-18-17(19)9-10-20(18)27-30-13-12-29-4/h5-8,11,14-15H,9-10,12-13H2,1-2,4H3/b27-20-. The summed E-state index contributed by atoms with van der Waals surface area (Å²) < 4.78 is 16.2. The van der Waals surface area contributed by atoms with Crippen LogP contribution in [0.4, 0.5) is 5.69 Å². The minimum Gasteiger partial charge on any atom is -0.502 e. The van der Waals surface area contributed by atoms with Gasteiger partial charge in [0.25, 0.3) is 5.89 Å². The number of benzene rings is 2.